The molecule has 1 N–H and O–H groups in total. The standard InChI is InChI=1S/C21H22F2N4OS2/c22-15-12-17(23)20-18(13-15)30-21(25-20)27-10-8-26(9-11-27)7-6-24-19(28)14-29-16-4-2-1-3-5-16/h1-5,12-13H,6-11,14H2,(H,24,28). The first-order valence-corrected chi connectivity index (χ1v) is 11.6. The second kappa shape index (κ2) is 9.72. The van der Waals surface area contributed by atoms with E-state index in [4.69, 9.17) is 0 Å². The molecule has 0 aliphatic carbocycles. The van der Waals surface area contributed by atoms with Gasteiger partial charge in [-0.1, -0.05) is 29.5 Å². The van der Waals surface area contributed by atoms with Gasteiger partial charge in [-0.3, -0.25) is 9.69 Å². The first kappa shape index (κ1) is 21.0. The van der Waals surface area contributed by atoms with Crippen LogP contribution in [0.3, 0.4) is 0 Å². The number of halogens is 2. The van der Waals surface area contributed by atoms with Gasteiger partial charge in [0.15, 0.2) is 10.9 Å². The molecule has 30 heavy (non-hydrogen) atoms. The van der Waals surface area contributed by atoms with E-state index in [1.807, 2.05) is 30.3 Å². The van der Waals surface area contributed by atoms with Crippen molar-refractivity contribution >= 4 is 44.4 Å². The summed E-state index contributed by atoms with van der Waals surface area (Å²) in [5, 5.41) is 3.69. The minimum atomic E-state index is -0.618. The summed E-state index contributed by atoms with van der Waals surface area (Å²) in [5.74, 6) is -0.755. The van der Waals surface area contributed by atoms with E-state index in [-0.39, 0.29) is 11.4 Å². The van der Waals surface area contributed by atoms with Crippen LogP contribution in [0, 0.1) is 11.6 Å². The summed E-state index contributed by atoms with van der Waals surface area (Å²) in [5.41, 5.74) is 0.231. The second-order valence-electron chi connectivity index (χ2n) is 7.01. The summed E-state index contributed by atoms with van der Waals surface area (Å²) < 4.78 is 27.8. The molecule has 158 valence electrons. The highest BCUT2D eigenvalue weighted by Gasteiger charge is 2.21. The Kier molecular flexibility index (Phi) is 6.81. The fourth-order valence-electron chi connectivity index (χ4n) is 3.31. The van der Waals surface area contributed by atoms with Crippen LogP contribution >= 0.6 is 23.1 Å². The lowest BCUT2D eigenvalue weighted by Crippen LogP contribution is -2.48. The Morgan fingerprint density at radius 3 is 2.67 bits per heavy atom. The monoisotopic (exact) mass is 448 g/mol. The predicted molar refractivity (Wildman–Crippen MR) is 118 cm³/mol. The average molecular weight is 449 g/mol. The number of aromatic nitrogens is 1. The lowest BCUT2D eigenvalue weighted by Gasteiger charge is -2.34. The summed E-state index contributed by atoms with van der Waals surface area (Å²) in [6.07, 6.45) is 0. The molecular formula is C21H22F2N4OS2. The topological polar surface area (TPSA) is 48.5 Å². The lowest BCUT2D eigenvalue weighted by molar-refractivity contribution is -0.118. The molecule has 1 aromatic heterocycles. The number of benzene rings is 2. The van der Waals surface area contributed by atoms with E-state index in [1.165, 1.54) is 29.2 Å². The van der Waals surface area contributed by atoms with Crippen LogP contribution in [0.2, 0.25) is 0 Å². The van der Waals surface area contributed by atoms with Gasteiger partial charge in [0.25, 0.3) is 0 Å². The highest BCUT2D eigenvalue weighted by atomic mass is 32.2. The third-order valence-electron chi connectivity index (χ3n) is 4.91. The summed E-state index contributed by atoms with van der Waals surface area (Å²) in [4.78, 5) is 21.8. The van der Waals surface area contributed by atoms with Crippen molar-refractivity contribution in [3.8, 4) is 0 Å². The number of hydrogen-bond donors (Lipinski definition) is 1. The van der Waals surface area contributed by atoms with E-state index >= 15 is 0 Å². The molecule has 0 saturated carbocycles. The molecule has 0 atom stereocenters. The van der Waals surface area contributed by atoms with Crippen molar-refractivity contribution in [1.29, 1.82) is 0 Å². The Labute approximate surface area is 182 Å². The van der Waals surface area contributed by atoms with Gasteiger partial charge >= 0.3 is 0 Å². The van der Waals surface area contributed by atoms with E-state index in [1.54, 1.807) is 0 Å². The Morgan fingerprint density at radius 2 is 1.90 bits per heavy atom. The van der Waals surface area contributed by atoms with Crippen LogP contribution in [0.25, 0.3) is 10.2 Å². The number of thioether (sulfide) groups is 1. The van der Waals surface area contributed by atoms with E-state index in [0.29, 0.717) is 17.0 Å². The zero-order valence-electron chi connectivity index (χ0n) is 16.3. The van der Waals surface area contributed by atoms with Crippen LogP contribution in [0.15, 0.2) is 47.4 Å². The van der Waals surface area contributed by atoms with E-state index < -0.39 is 11.6 Å². The number of anilines is 1. The molecule has 3 aromatic rings. The van der Waals surface area contributed by atoms with Crippen LogP contribution in [-0.2, 0) is 4.79 Å². The molecule has 2 aromatic carbocycles. The van der Waals surface area contributed by atoms with Gasteiger partial charge in [-0.05, 0) is 18.2 Å². The fourth-order valence-corrected chi connectivity index (χ4v) is 5.12. The summed E-state index contributed by atoms with van der Waals surface area (Å²) >= 11 is 2.84. The van der Waals surface area contributed by atoms with Crippen LogP contribution in [0.4, 0.5) is 13.9 Å². The minimum Gasteiger partial charge on any atom is -0.354 e. The number of piperazine rings is 1. The van der Waals surface area contributed by atoms with Crippen molar-refractivity contribution in [3.05, 3.63) is 54.1 Å². The van der Waals surface area contributed by atoms with Gasteiger partial charge in [0.05, 0.1) is 10.5 Å². The third-order valence-corrected chi connectivity index (χ3v) is 6.98. The van der Waals surface area contributed by atoms with Gasteiger partial charge < -0.3 is 10.2 Å². The van der Waals surface area contributed by atoms with Gasteiger partial charge in [-0.25, -0.2) is 13.8 Å². The Morgan fingerprint density at radius 1 is 1.13 bits per heavy atom. The highest BCUT2D eigenvalue weighted by molar-refractivity contribution is 8.00. The maximum Gasteiger partial charge on any atom is 0.230 e. The number of nitrogens with one attached hydrogen (secondary N) is 1. The number of amides is 1. The Hall–Kier alpha value is -2.23. The van der Waals surface area contributed by atoms with Gasteiger partial charge in [0.1, 0.15) is 11.3 Å². The molecule has 1 amide bonds. The first-order valence-electron chi connectivity index (χ1n) is 9.76. The minimum absolute atomic E-state index is 0.0335. The van der Waals surface area contributed by atoms with Crippen LogP contribution in [0.1, 0.15) is 0 Å². The number of fused-ring (bicyclic) bond motifs is 1. The normalized spacial score (nSPS) is 14.9. The SMILES string of the molecule is O=C(CSc1ccccc1)NCCN1CCN(c2nc3c(F)cc(F)cc3s2)CC1. The molecule has 4 rings (SSSR count). The quantitative estimate of drug-likeness (QED) is 0.560. The van der Waals surface area contributed by atoms with Crippen molar-refractivity contribution in [2.24, 2.45) is 0 Å². The second-order valence-corrected chi connectivity index (χ2v) is 9.07. The van der Waals surface area contributed by atoms with Crippen molar-refractivity contribution in [3.63, 3.8) is 0 Å². The number of nitrogens with zero attached hydrogens (tertiary/aromatic N) is 3. The Bertz CT molecular complexity index is 1010. The zero-order chi connectivity index (χ0) is 20.9. The van der Waals surface area contributed by atoms with Crippen LogP contribution < -0.4 is 10.2 Å². The van der Waals surface area contributed by atoms with Gasteiger partial charge in [-0.15, -0.1) is 11.8 Å². The largest absolute Gasteiger partial charge is 0.354 e. The zero-order valence-corrected chi connectivity index (χ0v) is 17.9. The highest BCUT2D eigenvalue weighted by Crippen LogP contribution is 2.31. The fraction of sp³-hybridized carbons (Fsp3) is 0.333. The predicted octanol–water partition coefficient (Wildman–Crippen LogP) is 3.61. The maximum absolute atomic E-state index is 13.9. The molecule has 1 aliphatic rings. The molecular weight excluding hydrogens is 426 g/mol. The summed E-state index contributed by atoms with van der Waals surface area (Å²) in [7, 11) is 0. The molecule has 2 heterocycles. The molecule has 9 heteroatoms. The Balaban J connectivity index is 1.19. The molecule has 0 radical (unpaired) electrons. The third kappa shape index (κ3) is 5.27. The molecule has 1 aliphatic heterocycles. The molecule has 0 spiro atoms. The number of rotatable bonds is 7. The maximum atomic E-state index is 13.9. The number of carbonyl (C=O) groups excluding carboxylic acids is 1. The van der Waals surface area contributed by atoms with Crippen molar-refractivity contribution < 1.29 is 13.6 Å². The molecule has 0 unspecified atom stereocenters. The number of carbonyl (C=O) groups is 1. The van der Waals surface area contributed by atoms with Crippen LogP contribution in [-0.4, -0.2) is 60.8 Å². The number of thiazole rings is 1. The van der Waals surface area contributed by atoms with E-state index in [0.717, 1.165) is 48.8 Å². The molecule has 0 bridgehead atoms. The average Bonchev–Trinajstić information content (AvgIpc) is 3.18. The number of hydrogen-bond acceptors (Lipinski definition) is 6. The molecule has 5 nitrogen and oxygen atoms in total. The molecule has 1 fully saturated rings. The van der Waals surface area contributed by atoms with E-state index in [2.05, 4.69) is 20.1 Å². The van der Waals surface area contributed by atoms with Crippen molar-refractivity contribution in [2.75, 3.05) is 49.9 Å². The van der Waals surface area contributed by atoms with Crippen molar-refractivity contribution in [2.45, 2.75) is 4.90 Å². The smallest absolute Gasteiger partial charge is 0.230 e. The van der Waals surface area contributed by atoms with Gasteiger partial charge in [-0.2, -0.15) is 0 Å². The van der Waals surface area contributed by atoms with Gasteiger partial charge in [0, 0.05) is 50.2 Å². The first-order chi connectivity index (χ1) is 14.6. The van der Waals surface area contributed by atoms with Crippen LogP contribution in [0.5, 0.6) is 0 Å². The van der Waals surface area contributed by atoms with Crippen molar-refractivity contribution in [1.82, 2.24) is 15.2 Å². The van der Waals surface area contributed by atoms with Gasteiger partial charge in [0.2, 0.25) is 5.91 Å². The van der Waals surface area contributed by atoms with E-state index in [9.17, 15) is 13.6 Å². The lowest BCUT2D eigenvalue weighted by atomic mass is 10.3. The summed E-state index contributed by atoms with van der Waals surface area (Å²) in [6.45, 7) is 4.60. The molecule has 1 saturated heterocycles. The summed E-state index contributed by atoms with van der Waals surface area (Å²) in [6, 6.07) is 12.1.